The van der Waals surface area contributed by atoms with Crippen LogP contribution < -0.4 is 0 Å². The second kappa shape index (κ2) is 10.3. The van der Waals surface area contributed by atoms with Crippen molar-refractivity contribution in [1.29, 1.82) is 0 Å². The van der Waals surface area contributed by atoms with Crippen molar-refractivity contribution in [2.24, 2.45) is 0 Å². The second-order valence-electron chi connectivity index (χ2n) is 4.08. The minimum atomic E-state index is -0.609. The van der Waals surface area contributed by atoms with Gasteiger partial charge in [-0.2, -0.15) is 0 Å². The van der Waals surface area contributed by atoms with E-state index in [0.717, 1.165) is 25.9 Å². The van der Waals surface area contributed by atoms with Gasteiger partial charge in [-0.05, 0) is 32.9 Å². The number of aliphatic hydroxyl groups excluding tert-OH is 1. The molecule has 0 aliphatic rings. The SMILES string of the molecule is CC=CC(=O)OCC(O)CN(CCC)CCC. The van der Waals surface area contributed by atoms with Crippen LogP contribution in [0.25, 0.3) is 0 Å². The summed E-state index contributed by atoms with van der Waals surface area (Å²) in [6.07, 6.45) is 4.48. The molecule has 0 aromatic carbocycles. The Morgan fingerprint density at radius 1 is 1.35 bits per heavy atom. The first-order chi connectivity index (χ1) is 8.13. The summed E-state index contributed by atoms with van der Waals surface area (Å²) in [6.45, 7) is 8.53. The lowest BCUT2D eigenvalue weighted by molar-refractivity contribution is -0.141. The predicted molar refractivity (Wildman–Crippen MR) is 68.8 cm³/mol. The molecule has 0 amide bonds. The van der Waals surface area contributed by atoms with E-state index in [-0.39, 0.29) is 6.61 Å². The minimum Gasteiger partial charge on any atom is -0.460 e. The molecule has 0 aromatic heterocycles. The van der Waals surface area contributed by atoms with Crippen molar-refractivity contribution < 1.29 is 14.6 Å². The number of carbonyl (C=O) groups excluding carboxylic acids is 1. The first-order valence-electron chi connectivity index (χ1n) is 6.33. The highest BCUT2D eigenvalue weighted by Gasteiger charge is 2.11. The second-order valence-corrected chi connectivity index (χ2v) is 4.08. The molecule has 0 fully saturated rings. The predicted octanol–water partition coefficient (Wildman–Crippen LogP) is 1.59. The van der Waals surface area contributed by atoms with Gasteiger partial charge in [0.25, 0.3) is 0 Å². The van der Waals surface area contributed by atoms with Gasteiger partial charge in [0.2, 0.25) is 0 Å². The average Bonchev–Trinajstić information content (AvgIpc) is 2.27. The highest BCUT2D eigenvalue weighted by molar-refractivity contribution is 5.81. The van der Waals surface area contributed by atoms with Crippen LogP contribution in [0.2, 0.25) is 0 Å². The summed E-state index contributed by atoms with van der Waals surface area (Å²) < 4.78 is 4.90. The molecule has 0 aliphatic carbocycles. The largest absolute Gasteiger partial charge is 0.460 e. The summed E-state index contributed by atoms with van der Waals surface area (Å²) in [5, 5.41) is 9.75. The van der Waals surface area contributed by atoms with Crippen LogP contribution in [0.5, 0.6) is 0 Å². The van der Waals surface area contributed by atoms with Crippen molar-refractivity contribution in [3.63, 3.8) is 0 Å². The van der Waals surface area contributed by atoms with Gasteiger partial charge in [0.05, 0.1) is 0 Å². The van der Waals surface area contributed by atoms with Crippen molar-refractivity contribution in [2.45, 2.75) is 39.7 Å². The number of allylic oxidation sites excluding steroid dienone is 1. The molecule has 4 heteroatoms. The summed E-state index contributed by atoms with van der Waals surface area (Å²) in [5.74, 6) is -0.399. The quantitative estimate of drug-likeness (QED) is 0.493. The van der Waals surface area contributed by atoms with Gasteiger partial charge in [0.1, 0.15) is 12.7 Å². The normalized spacial score (nSPS) is 13.2. The van der Waals surface area contributed by atoms with Crippen LogP contribution >= 0.6 is 0 Å². The zero-order valence-corrected chi connectivity index (χ0v) is 11.2. The Morgan fingerprint density at radius 3 is 2.41 bits per heavy atom. The van der Waals surface area contributed by atoms with E-state index in [1.807, 2.05) is 0 Å². The number of nitrogens with zero attached hydrogens (tertiary/aromatic N) is 1. The molecule has 17 heavy (non-hydrogen) atoms. The number of hydrogen-bond donors (Lipinski definition) is 1. The molecule has 4 nitrogen and oxygen atoms in total. The Balaban J connectivity index is 3.88. The van der Waals surface area contributed by atoms with Crippen LogP contribution in [-0.2, 0) is 9.53 Å². The zero-order valence-electron chi connectivity index (χ0n) is 11.2. The minimum absolute atomic E-state index is 0.0626. The summed E-state index contributed by atoms with van der Waals surface area (Å²) in [4.78, 5) is 13.2. The first kappa shape index (κ1) is 16.1. The van der Waals surface area contributed by atoms with E-state index in [4.69, 9.17) is 4.74 Å². The van der Waals surface area contributed by atoms with Gasteiger partial charge in [-0.25, -0.2) is 4.79 Å². The van der Waals surface area contributed by atoms with E-state index in [1.54, 1.807) is 13.0 Å². The summed E-state index contributed by atoms with van der Waals surface area (Å²) in [6, 6.07) is 0. The summed E-state index contributed by atoms with van der Waals surface area (Å²) in [7, 11) is 0. The standard InChI is InChI=1S/C13H25NO3/c1-4-7-13(16)17-11-12(15)10-14(8-5-2)9-6-3/h4,7,12,15H,5-6,8-11H2,1-3H3. The fourth-order valence-corrected chi connectivity index (χ4v) is 1.64. The van der Waals surface area contributed by atoms with Crippen LogP contribution in [0.3, 0.4) is 0 Å². The van der Waals surface area contributed by atoms with Crippen LogP contribution in [0, 0.1) is 0 Å². The molecule has 0 aromatic rings. The van der Waals surface area contributed by atoms with Crippen LogP contribution in [-0.4, -0.2) is 48.3 Å². The number of hydrogen-bond acceptors (Lipinski definition) is 4. The maximum absolute atomic E-state index is 11.1. The maximum Gasteiger partial charge on any atom is 0.330 e. The molecule has 0 saturated heterocycles. The smallest absolute Gasteiger partial charge is 0.330 e. The van der Waals surface area contributed by atoms with Gasteiger partial charge < -0.3 is 14.7 Å². The molecule has 1 atom stereocenters. The Bertz CT molecular complexity index is 223. The summed E-state index contributed by atoms with van der Waals surface area (Å²) in [5.41, 5.74) is 0. The van der Waals surface area contributed by atoms with Gasteiger partial charge in [-0.3, -0.25) is 0 Å². The van der Waals surface area contributed by atoms with Crippen molar-refractivity contribution in [3.05, 3.63) is 12.2 Å². The molecule has 0 radical (unpaired) electrons. The van der Waals surface area contributed by atoms with E-state index in [9.17, 15) is 9.90 Å². The third kappa shape index (κ3) is 8.89. The Kier molecular flexibility index (Phi) is 9.77. The van der Waals surface area contributed by atoms with Crippen molar-refractivity contribution in [3.8, 4) is 0 Å². The third-order valence-electron chi connectivity index (χ3n) is 2.27. The number of rotatable bonds is 9. The molecular weight excluding hydrogens is 218 g/mol. The number of aliphatic hydroxyl groups is 1. The fraction of sp³-hybridized carbons (Fsp3) is 0.769. The average molecular weight is 243 g/mol. The van der Waals surface area contributed by atoms with E-state index < -0.39 is 12.1 Å². The van der Waals surface area contributed by atoms with E-state index >= 15 is 0 Å². The molecule has 0 bridgehead atoms. The van der Waals surface area contributed by atoms with Crippen molar-refractivity contribution >= 4 is 5.97 Å². The Labute approximate surface area is 104 Å². The number of carbonyl (C=O) groups is 1. The number of esters is 1. The molecule has 0 saturated carbocycles. The van der Waals surface area contributed by atoms with Gasteiger partial charge in [-0.15, -0.1) is 0 Å². The summed E-state index contributed by atoms with van der Waals surface area (Å²) >= 11 is 0. The highest BCUT2D eigenvalue weighted by atomic mass is 16.5. The topological polar surface area (TPSA) is 49.8 Å². The lowest BCUT2D eigenvalue weighted by Gasteiger charge is -2.23. The molecule has 1 unspecified atom stereocenters. The molecule has 100 valence electrons. The molecule has 1 N–H and O–H groups in total. The monoisotopic (exact) mass is 243 g/mol. The van der Waals surface area contributed by atoms with Crippen molar-refractivity contribution in [2.75, 3.05) is 26.2 Å². The van der Waals surface area contributed by atoms with Crippen LogP contribution in [0.1, 0.15) is 33.6 Å². The number of ether oxygens (including phenoxy) is 1. The zero-order chi connectivity index (χ0) is 13.1. The Hall–Kier alpha value is -0.870. The van der Waals surface area contributed by atoms with E-state index in [2.05, 4.69) is 18.7 Å². The van der Waals surface area contributed by atoms with Crippen molar-refractivity contribution in [1.82, 2.24) is 4.90 Å². The first-order valence-corrected chi connectivity index (χ1v) is 6.33. The lowest BCUT2D eigenvalue weighted by Crippen LogP contribution is -2.36. The van der Waals surface area contributed by atoms with E-state index in [1.165, 1.54) is 6.08 Å². The highest BCUT2D eigenvalue weighted by Crippen LogP contribution is 1.98. The Morgan fingerprint density at radius 2 is 1.94 bits per heavy atom. The van der Waals surface area contributed by atoms with Gasteiger partial charge >= 0.3 is 5.97 Å². The van der Waals surface area contributed by atoms with Crippen LogP contribution in [0.4, 0.5) is 0 Å². The van der Waals surface area contributed by atoms with E-state index in [0.29, 0.717) is 6.54 Å². The molecule has 0 rings (SSSR count). The molecule has 0 heterocycles. The molecular formula is C13H25NO3. The van der Waals surface area contributed by atoms with Crippen LogP contribution in [0.15, 0.2) is 12.2 Å². The lowest BCUT2D eigenvalue weighted by atomic mass is 10.3. The van der Waals surface area contributed by atoms with Gasteiger partial charge in [-0.1, -0.05) is 19.9 Å². The molecule has 0 aliphatic heterocycles. The maximum atomic E-state index is 11.1. The molecule has 0 spiro atoms. The van der Waals surface area contributed by atoms with Gasteiger partial charge in [0.15, 0.2) is 0 Å². The third-order valence-corrected chi connectivity index (χ3v) is 2.27. The van der Waals surface area contributed by atoms with Gasteiger partial charge in [0, 0.05) is 12.6 Å². The fourth-order valence-electron chi connectivity index (χ4n) is 1.64.